The van der Waals surface area contributed by atoms with Crippen molar-refractivity contribution in [2.24, 2.45) is 5.73 Å². The molecule has 14 heavy (non-hydrogen) atoms. The molecule has 0 aromatic carbocycles. The SMILES string of the molecule is CC(C)(C)c1noc(C(C)(N)CO)n1. The molecule has 0 aliphatic heterocycles. The van der Waals surface area contributed by atoms with E-state index < -0.39 is 5.54 Å². The second-order valence-corrected chi connectivity index (χ2v) is 4.75. The van der Waals surface area contributed by atoms with E-state index in [0.717, 1.165) is 0 Å². The predicted octanol–water partition coefficient (Wildman–Crippen LogP) is 0.533. The molecule has 0 aliphatic rings. The van der Waals surface area contributed by atoms with E-state index in [-0.39, 0.29) is 17.9 Å². The molecule has 0 amide bonds. The molecule has 1 aromatic heterocycles. The topological polar surface area (TPSA) is 85.2 Å². The fourth-order valence-electron chi connectivity index (χ4n) is 0.828. The largest absolute Gasteiger partial charge is 0.394 e. The van der Waals surface area contributed by atoms with Crippen LogP contribution in [0.2, 0.25) is 0 Å². The van der Waals surface area contributed by atoms with Crippen molar-refractivity contribution in [2.75, 3.05) is 6.61 Å². The van der Waals surface area contributed by atoms with E-state index in [0.29, 0.717) is 5.82 Å². The summed E-state index contributed by atoms with van der Waals surface area (Å²) in [6.45, 7) is 7.36. The standard InChI is InChI=1S/C9H17N3O2/c1-8(2,3)6-11-7(14-12-6)9(4,10)5-13/h13H,5,10H2,1-4H3. The first kappa shape index (κ1) is 11.1. The van der Waals surface area contributed by atoms with Crippen LogP contribution >= 0.6 is 0 Å². The lowest BCUT2D eigenvalue weighted by Crippen LogP contribution is -2.37. The molecule has 0 radical (unpaired) electrons. The minimum Gasteiger partial charge on any atom is -0.394 e. The lowest BCUT2D eigenvalue weighted by Gasteiger charge is -2.16. The van der Waals surface area contributed by atoms with Gasteiger partial charge in [0.25, 0.3) is 0 Å². The van der Waals surface area contributed by atoms with Gasteiger partial charge in [-0.2, -0.15) is 4.98 Å². The van der Waals surface area contributed by atoms with Gasteiger partial charge < -0.3 is 15.4 Å². The molecule has 1 unspecified atom stereocenters. The summed E-state index contributed by atoms with van der Waals surface area (Å²) in [5, 5.41) is 12.8. The summed E-state index contributed by atoms with van der Waals surface area (Å²) in [6.07, 6.45) is 0. The Morgan fingerprint density at radius 2 is 1.93 bits per heavy atom. The molecule has 5 heteroatoms. The van der Waals surface area contributed by atoms with Gasteiger partial charge in [-0.25, -0.2) is 0 Å². The lowest BCUT2D eigenvalue weighted by atomic mass is 9.96. The summed E-state index contributed by atoms with van der Waals surface area (Å²) < 4.78 is 5.00. The average Bonchev–Trinajstić information content (AvgIpc) is 2.51. The molecule has 0 aliphatic carbocycles. The van der Waals surface area contributed by atoms with Gasteiger partial charge in [0, 0.05) is 5.41 Å². The molecule has 0 saturated carbocycles. The first-order chi connectivity index (χ1) is 6.27. The summed E-state index contributed by atoms with van der Waals surface area (Å²) in [4.78, 5) is 4.16. The molecule has 0 saturated heterocycles. The van der Waals surface area contributed by atoms with Crippen molar-refractivity contribution in [1.29, 1.82) is 0 Å². The number of hydrogen-bond acceptors (Lipinski definition) is 5. The van der Waals surface area contributed by atoms with Crippen LogP contribution in [0.1, 0.15) is 39.4 Å². The Bertz CT molecular complexity index is 312. The highest BCUT2D eigenvalue weighted by atomic mass is 16.5. The molecule has 1 atom stereocenters. The van der Waals surface area contributed by atoms with E-state index in [1.807, 2.05) is 20.8 Å². The van der Waals surface area contributed by atoms with Crippen molar-refractivity contribution in [3.05, 3.63) is 11.7 Å². The number of nitrogens with two attached hydrogens (primary N) is 1. The molecular formula is C9H17N3O2. The molecule has 0 spiro atoms. The minimum absolute atomic E-state index is 0.173. The third-order valence-electron chi connectivity index (χ3n) is 1.91. The Morgan fingerprint density at radius 1 is 1.36 bits per heavy atom. The van der Waals surface area contributed by atoms with Crippen LogP contribution in [0, 0.1) is 0 Å². The number of aliphatic hydroxyl groups is 1. The minimum atomic E-state index is -0.962. The molecule has 1 rings (SSSR count). The zero-order valence-electron chi connectivity index (χ0n) is 9.03. The van der Waals surface area contributed by atoms with E-state index in [2.05, 4.69) is 10.1 Å². The van der Waals surface area contributed by atoms with E-state index >= 15 is 0 Å². The maximum Gasteiger partial charge on any atom is 0.248 e. The van der Waals surface area contributed by atoms with Gasteiger partial charge in [0.15, 0.2) is 5.82 Å². The second kappa shape index (κ2) is 3.33. The number of aromatic nitrogens is 2. The van der Waals surface area contributed by atoms with Gasteiger partial charge in [0.2, 0.25) is 5.89 Å². The summed E-state index contributed by atoms with van der Waals surface area (Å²) in [5.41, 5.74) is 4.61. The van der Waals surface area contributed by atoms with Crippen LogP contribution in [0.15, 0.2) is 4.52 Å². The maximum absolute atomic E-state index is 9.01. The third-order valence-corrected chi connectivity index (χ3v) is 1.91. The van der Waals surface area contributed by atoms with Crippen LogP contribution in [0.3, 0.4) is 0 Å². The maximum atomic E-state index is 9.01. The van der Waals surface area contributed by atoms with Gasteiger partial charge >= 0.3 is 0 Å². The monoisotopic (exact) mass is 199 g/mol. The number of aliphatic hydroxyl groups excluding tert-OH is 1. The van der Waals surface area contributed by atoms with Gasteiger partial charge in [-0.05, 0) is 6.92 Å². The number of nitrogens with zero attached hydrogens (tertiary/aromatic N) is 2. The second-order valence-electron chi connectivity index (χ2n) is 4.75. The van der Waals surface area contributed by atoms with Crippen molar-refractivity contribution >= 4 is 0 Å². The molecule has 80 valence electrons. The molecular weight excluding hydrogens is 182 g/mol. The smallest absolute Gasteiger partial charge is 0.248 e. The summed E-state index contributed by atoms with van der Waals surface area (Å²) in [6, 6.07) is 0. The van der Waals surface area contributed by atoms with Crippen molar-refractivity contribution < 1.29 is 9.63 Å². The van der Waals surface area contributed by atoms with Crippen LogP contribution in [0.5, 0.6) is 0 Å². The Hall–Kier alpha value is -0.940. The fourth-order valence-corrected chi connectivity index (χ4v) is 0.828. The van der Waals surface area contributed by atoms with Crippen LogP contribution in [-0.2, 0) is 11.0 Å². The van der Waals surface area contributed by atoms with E-state index in [1.165, 1.54) is 0 Å². The number of hydrogen-bond donors (Lipinski definition) is 2. The molecule has 1 heterocycles. The van der Waals surface area contributed by atoms with Crippen LogP contribution in [0.25, 0.3) is 0 Å². The van der Waals surface area contributed by atoms with Gasteiger partial charge in [-0.3, -0.25) is 0 Å². The molecule has 1 aromatic rings. The fraction of sp³-hybridized carbons (Fsp3) is 0.778. The summed E-state index contributed by atoms with van der Waals surface area (Å²) in [7, 11) is 0. The summed E-state index contributed by atoms with van der Waals surface area (Å²) >= 11 is 0. The first-order valence-electron chi connectivity index (χ1n) is 4.52. The van der Waals surface area contributed by atoms with Gasteiger partial charge in [-0.15, -0.1) is 0 Å². The van der Waals surface area contributed by atoms with Gasteiger partial charge in [0.1, 0.15) is 5.54 Å². The van der Waals surface area contributed by atoms with Gasteiger partial charge in [-0.1, -0.05) is 25.9 Å². The van der Waals surface area contributed by atoms with E-state index in [9.17, 15) is 0 Å². The Labute approximate surface area is 83.3 Å². The first-order valence-corrected chi connectivity index (χ1v) is 4.52. The van der Waals surface area contributed by atoms with Crippen molar-refractivity contribution in [3.8, 4) is 0 Å². The molecule has 0 bridgehead atoms. The highest BCUT2D eigenvalue weighted by Crippen LogP contribution is 2.22. The van der Waals surface area contributed by atoms with Crippen molar-refractivity contribution in [2.45, 2.75) is 38.6 Å². The zero-order valence-corrected chi connectivity index (χ0v) is 9.03. The highest BCUT2D eigenvalue weighted by molar-refractivity contribution is 5.05. The number of rotatable bonds is 2. The Kier molecular flexibility index (Phi) is 2.65. The van der Waals surface area contributed by atoms with E-state index in [1.54, 1.807) is 6.92 Å². The molecule has 0 fully saturated rings. The van der Waals surface area contributed by atoms with Crippen LogP contribution < -0.4 is 5.73 Å². The molecule has 5 nitrogen and oxygen atoms in total. The predicted molar refractivity (Wildman–Crippen MR) is 51.6 cm³/mol. The summed E-state index contributed by atoms with van der Waals surface area (Å²) in [5.74, 6) is 0.863. The average molecular weight is 199 g/mol. The van der Waals surface area contributed by atoms with E-state index in [4.69, 9.17) is 15.4 Å². The van der Waals surface area contributed by atoms with Crippen LogP contribution in [0.4, 0.5) is 0 Å². The normalized spacial score (nSPS) is 16.7. The highest BCUT2D eigenvalue weighted by Gasteiger charge is 2.30. The zero-order chi connectivity index (χ0) is 11.0. The van der Waals surface area contributed by atoms with Crippen LogP contribution in [-0.4, -0.2) is 21.9 Å². The third kappa shape index (κ3) is 2.10. The Morgan fingerprint density at radius 3 is 2.29 bits per heavy atom. The quantitative estimate of drug-likeness (QED) is 0.725. The Balaban J connectivity index is 3.00. The lowest BCUT2D eigenvalue weighted by molar-refractivity contribution is 0.173. The van der Waals surface area contributed by atoms with Crippen molar-refractivity contribution in [3.63, 3.8) is 0 Å². The molecule has 3 N–H and O–H groups in total. The van der Waals surface area contributed by atoms with Crippen molar-refractivity contribution in [1.82, 2.24) is 10.1 Å². The van der Waals surface area contributed by atoms with Gasteiger partial charge in [0.05, 0.1) is 6.61 Å².